The molecule has 0 saturated carbocycles. The standard InChI is InChI=1S/C17H23FN2S/c1-16(2,3)21-20-15-14-5-4-13(18)10-12(14)11-17(15)6-8-19-9-7-17/h4-5,10,19H,6-9,11H2,1-3H3/b20-15+. The number of nitrogens with one attached hydrogen (secondary N) is 1. The second-order valence-electron chi connectivity index (χ2n) is 7.15. The quantitative estimate of drug-likeness (QED) is 0.793. The van der Waals surface area contributed by atoms with Crippen molar-refractivity contribution in [3.8, 4) is 0 Å². The molecule has 1 N–H and O–H groups in total. The fourth-order valence-corrected chi connectivity index (χ4v) is 3.98. The summed E-state index contributed by atoms with van der Waals surface area (Å²) in [5.41, 5.74) is 3.60. The molecule has 1 aliphatic heterocycles. The molecule has 0 aromatic heterocycles. The van der Waals surface area contributed by atoms with Crippen LogP contribution in [0, 0.1) is 11.2 Å². The molecule has 1 aromatic carbocycles. The smallest absolute Gasteiger partial charge is 0.123 e. The van der Waals surface area contributed by atoms with E-state index in [4.69, 9.17) is 4.40 Å². The topological polar surface area (TPSA) is 24.4 Å². The van der Waals surface area contributed by atoms with Crippen LogP contribution >= 0.6 is 11.9 Å². The first kappa shape index (κ1) is 15.0. The fourth-order valence-electron chi connectivity index (χ4n) is 3.32. The van der Waals surface area contributed by atoms with Crippen LogP contribution in [0.4, 0.5) is 4.39 Å². The average molecular weight is 306 g/mol. The Labute approximate surface area is 130 Å². The van der Waals surface area contributed by atoms with Crippen molar-refractivity contribution < 1.29 is 4.39 Å². The first-order valence-corrected chi connectivity index (χ1v) is 8.43. The van der Waals surface area contributed by atoms with Crippen LogP contribution in [0.2, 0.25) is 0 Å². The summed E-state index contributed by atoms with van der Waals surface area (Å²) < 4.78 is 18.6. The fraction of sp³-hybridized carbons (Fsp3) is 0.588. The van der Waals surface area contributed by atoms with Gasteiger partial charge in [-0.2, -0.15) is 0 Å². The lowest BCUT2D eigenvalue weighted by molar-refractivity contribution is 0.306. The van der Waals surface area contributed by atoms with E-state index in [1.807, 2.05) is 6.07 Å². The van der Waals surface area contributed by atoms with Crippen molar-refractivity contribution in [3.63, 3.8) is 0 Å². The van der Waals surface area contributed by atoms with Crippen LogP contribution in [0.25, 0.3) is 0 Å². The molecule has 1 heterocycles. The summed E-state index contributed by atoms with van der Waals surface area (Å²) in [7, 11) is 0. The molecular formula is C17H23FN2S. The molecule has 0 radical (unpaired) electrons. The number of nitrogens with zero attached hydrogens (tertiary/aromatic N) is 1. The van der Waals surface area contributed by atoms with E-state index in [-0.39, 0.29) is 16.0 Å². The predicted molar refractivity (Wildman–Crippen MR) is 88.5 cm³/mol. The molecule has 114 valence electrons. The SMILES string of the molecule is CC(C)(C)S/N=C1\c2ccc(F)cc2CC12CCNCC2. The third-order valence-electron chi connectivity index (χ3n) is 4.33. The third-order valence-corrected chi connectivity index (χ3v) is 5.15. The number of halogens is 1. The predicted octanol–water partition coefficient (Wildman–Crippen LogP) is 3.99. The van der Waals surface area contributed by atoms with Gasteiger partial charge >= 0.3 is 0 Å². The largest absolute Gasteiger partial charge is 0.317 e. The minimum absolute atomic E-state index is 0.101. The maximum atomic E-state index is 13.6. The van der Waals surface area contributed by atoms with Crippen molar-refractivity contribution in [2.75, 3.05) is 13.1 Å². The molecule has 2 aliphatic rings. The molecule has 0 bridgehead atoms. The second kappa shape index (κ2) is 5.40. The number of hydrogen-bond donors (Lipinski definition) is 1. The van der Waals surface area contributed by atoms with Gasteiger partial charge in [0.1, 0.15) is 5.82 Å². The summed E-state index contributed by atoms with van der Waals surface area (Å²) in [6, 6.07) is 5.18. The Morgan fingerprint density at radius 2 is 1.95 bits per heavy atom. The van der Waals surface area contributed by atoms with E-state index in [1.165, 1.54) is 5.71 Å². The van der Waals surface area contributed by atoms with Gasteiger partial charge in [0.05, 0.1) is 5.71 Å². The van der Waals surface area contributed by atoms with Crippen LogP contribution in [0.15, 0.2) is 22.6 Å². The molecule has 1 spiro atoms. The van der Waals surface area contributed by atoms with E-state index >= 15 is 0 Å². The molecular weight excluding hydrogens is 283 g/mol. The number of rotatable bonds is 1. The summed E-state index contributed by atoms with van der Waals surface area (Å²) in [5, 5.41) is 3.43. The van der Waals surface area contributed by atoms with Crippen LogP contribution in [0.5, 0.6) is 0 Å². The summed E-state index contributed by atoms with van der Waals surface area (Å²) in [6.45, 7) is 8.58. The lowest BCUT2D eigenvalue weighted by atomic mass is 9.75. The van der Waals surface area contributed by atoms with Crippen LogP contribution in [0.1, 0.15) is 44.7 Å². The van der Waals surface area contributed by atoms with Gasteiger partial charge in [-0.3, -0.25) is 0 Å². The Hall–Kier alpha value is -0.870. The summed E-state index contributed by atoms with van der Waals surface area (Å²) in [5.74, 6) is -0.137. The van der Waals surface area contributed by atoms with Gasteiger partial charge in [-0.1, -0.05) is 0 Å². The van der Waals surface area contributed by atoms with E-state index in [0.29, 0.717) is 0 Å². The van der Waals surface area contributed by atoms with Gasteiger partial charge in [-0.05, 0) is 88.8 Å². The van der Waals surface area contributed by atoms with E-state index in [1.54, 1.807) is 24.1 Å². The molecule has 0 unspecified atom stereocenters. The molecule has 1 aromatic rings. The van der Waals surface area contributed by atoms with Gasteiger partial charge in [0.25, 0.3) is 0 Å². The van der Waals surface area contributed by atoms with E-state index in [2.05, 4.69) is 26.1 Å². The van der Waals surface area contributed by atoms with Crippen LogP contribution < -0.4 is 5.32 Å². The average Bonchev–Trinajstić information content (AvgIpc) is 2.68. The highest BCUT2D eigenvalue weighted by molar-refractivity contribution is 7.99. The van der Waals surface area contributed by atoms with Gasteiger partial charge in [0, 0.05) is 15.7 Å². The van der Waals surface area contributed by atoms with E-state index in [0.717, 1.165) is 43.5 Å². The Morgan fingerprint density at radius 1 is 1.24 bits per heavy atom. The van der Waals surface area contributed by atoms with Crippen LogP contribution in [-0.4, -0.2) is 23.5 Å². The monoisotopic (exact) mass is 306 g/mol. The minimum atomic E-state index is -0.137. The number of piperidine rings is 1. The number of fused-ring (bicyclic) bond motifs is 1. The Kier molecular flexibility index (Phi) is 3.87. The maximum absolute atomic E-state index is 13.6. The zero-order valence-electron chi connectivity index (χ0n) is 13.0. The first-order valence-electron chi connectivity index (χ1n) is 7.66. The molecule has 0 amide bonds. The van der Waals surface area contributed by atoms with Crippen molar-refractivity contribution in [2.45, 2.75) is 44.8 Å². The first-order chi connectivity index (χ1) is 9.90. The summed E-state index contributed by atoms with van der Waals surface area (Å²) in [4.78, 5) is 0. The summed E-state index contributed by atoms with van der Waals surface area (Å²) >= 11 is 1.64. The zero-order chi connectivity index (χ0) is 15.1. The normalized spacial score (nSPS) is 22.8. The lowest BCUT2D eigenvalue weighted by Crippen LogP contribution is -2.41. The molecule has 1 aliphatic carbocycles. The number of hydrogen-bond acceptors (Lipinski definition) is 3. The van der Waals surface area contributed by atoms with Crippen molar-refractivity contribution in [2.24, 2.45) is 9.81 Å². The van der Waals surface area contributed by atoms with Gasteiger partial charge in [0.15, 0.2) is 0 Å². The molecule has 21 heavy (non-hydrogen) atoms. The van der Waals surface area contributed by atoms with Crippen molar-refractivity contribution in [1.82, 2.24) is 5.32 Å². The van der Waals surface area contributed by atoms with Gasteiger partial charge in [-0.15, -0.1) is 0 Å². The second-order valence-corrected chi connectivity index (χ2v) is 8.74. The Balaban J connectivity index is 2.02. The van der Waals surface area contributed by atoms with E-state index < -0.39 is 0 Å². The van der Waals surface area contributed by atoms with Crippen LogP contribution in [-0.2, 0) is 6.42 Å². The zero-order valence-corrected chi connectivity index (χ0v) is 13.8. The van der Waals surface area contributed by atoms with Gasteiger partial charge in [0.2, 0.25) is 0 Å². The molecule has 1 fully saturated rings. The number of benzene rings is 1. The highest BCUT2D eigenvalue weighted by atomic mass is 32.2. The highest BCUT2D eigenvalue weighted by Crippen LogP contribution is 2.45. The lowest BCUT2D eigenvalue weighted by Gasteiger charge is -2.34. The van der Waals surface area contributed by atoms with E-state index in [9.17, 15) is 4.39 Å². The molecule has 0 atom stereocenters. The van der Waals surface area contributed by atoms with Crippen molar-refractivity contribution >= 4 is 17.7 Å². The Bertz CT molecular complexity index is 569. The molecule has 1 saturated heterocycles. The third kappa shape index (κ3) is 3.02. The molecule has 3 rings (SSSR count). The summed E-state index contributed by atoms with van der Waals surface area (Å²) in [6.07, 6.45) is 3.12. The van der Waals surface area contributed by atoms with Gasteiger partial charge in [-0.25, -0.2) is 8.79 Å². The minimum Gasteiger partial charge on any atom is -0.317 e. The highest BCUT2D eigenvalue weighted by Gasteiger charge is 2.44. The van der Waals surface area contributed by atoms with Crippen LogP contribution in [0.3, 0.4) is 0 Å². The molecule has 2 nitrogen and oxygen atoms in total. The van der Waals surface area contributed by atoms with Gasteiger partial charge < -0.3 is 5.32 Å². The van der Waals surface area contributed by atoms with Crippen molar-refractivity contribution in [3.05, 3.63) is 35.1 Å². The maximum Gasteiger partial charge on any atom is 0.123 e. The Morgan fingerprint density at radius 3 is 2.62 bits per heavy atom. The van der Waals surface area contributed by atoms with Crippen molar-refractivity contribution in [1.29, 1.82) is 0 Å². The molecule has 4 heteroatoms.